The minimum atomic E-state index is 0.547. The Morgan fingerprint density at radius 2 is 1.94 bits per heavy atom. The molecule has 0 fully saturated rings. The molecule has 3 nitrogen and oxygen atoms in total. The van der Waals surface area contributed by atoms with E-state index < -0.39 is 0 Å². The Morgan fingerprint density at radius 3 is 2.65 bits per heavy atom. The molecule has 1 aromatic carbocycles. The number of aromatic nitrogens is 2. The highest BCUT2D eigenvalue weighted by Gasteiger charge is 2.09. The fraction of sp³-hybridized carbons (Fsp3) is 0.417. The molecule has 0 bridgehead atoms. The highest BCUT2D eigenvalue weighted by atomic mass is 35.5. The molecule has 17 heavy (non-hydrogen) atoms. The molecule has 0 aliphatic rings. The van der Waals surface area contributed by atoms with Gasteiger partial charge in [0, 0.05) is 6.54 Å². The predicted octanol–water partition coefficient (Wildman–Crippen LogP) is 3.39. The third-order valence-corrected chi connectivity index (χ3v) is 3.54. The van der Waals surface area contributed by atoms with Crippen LogP contribution in [0.5, 0.6) is 0 Å². The first kappa shape index (κ1) is 12.7. The Labute approximate surface area is 111 Å². The van der Waals surface area contributed by atoms with Crippen molar-refractivity contribution < 1.29 is 0 Å². The average Bonchev–Trinajstić information content (AvgIpc) is 2.57. The van der Waals surface area contributed by atoms with Crippen molar-refractivity contribution in [2.45, 2.75) is 26.3 Å². The van der Waals surface area contributed by atoms with Crippen LogP contribution in [0.1, 0.15) is 18.7 Å². The molecular weight excluding hydrogens is 257 g/mol. The van der Waals surface area contributed by atoms with Gasteiger partial charge in [-0.25, -0.2) is 4.98 Å². The van der Waals surface area contributed by atoms with E-state index in [1.54, 1.807) is 0 Å². The summed E-state index contributed by atoms with van der Waals surface area (Å²) in [6, 6.07) is 3.69. The van der Waals surface area contributed by atoms with Gasteiger partial charge < -0.3 is 10.3 Å². The van der Waals surface area contributed by atoms with Gasteiger partial charge in [0.25, 0.3) is 0 Å². The molecule has 92 valence electrons. The van der Waals surface area contributed by atoms with Crippen LogP contribution in [0.25, 0.3) is 11.0 Å². The summed E-state index contributed by atoms with van der Waals surface area (Å²) < 4.78 is 2.16. The van der Waals surface area contributed by atoms with Crippen LogP contribution in [0.4, 0.5) is 0 Å². The summed E-state index contributed by atoms with van der Waals surface area (Å²) >= 11 is 12.0. The second kappa shape index (κ2) is 5.25. The smallest absolute Gasteiger partial charge is 0.106 e. The van der Waals surface area contributed by atoms with Crippen molar-refractivity contribution in [1.82, 2.24) is 9.55 Å². The van der Waals surface area contributed by atoms with Gasteiger partial charge in [0.15, 0.2) is 0 Å². The molecule has 0 atom stereocenters. The van der Waals surface area contributed by atoms with Crippen molar-refractivity contribution in [3.05, 3.63) is 28.0 Å². The van der Waals surface area contributed by atoms with Crippen LogP contribution < -0.4 is 5.73 Å². The summed E-state index contributed by atoms with van der Waals surface area (Å²) in [6.07, 6.45) is 2.06. The van der Waals surface area contributed by atoms with E-state index in [0.29, 0.717) is 10.0 Å². The van der Waals surface area contributed by atoms with E-state index in [1.165, 1.54) is 0 Å². The van der Waals surface area contributed by atoms with Gasteiger partial charge in [-0.2, -0.15) is 0 Å². The molecule has 0 aliphatic carbocycles. The quantitative estimate of drug-likeness (QED) is 0.867. The zero-order valence-corrected chi connectivity index (χ0v) is 11.2. The number of aryl methyl sites for hydroxylation is 2. The predicted molar refractivity (Wildman–Crippen MR) is 72.8 cm³/mol. The Hall–Kier alpha value is -0.770. The number of fused-ring (bicyclic) bond motifs is 1. The van der Waals surface area contributed by atoms with E-state index in [1.807, 2.05) is 19.1 Å². The molecule has 0 saturated carbocycles. The molecule has 2 aromatic rings. The van der Waals surface area contributed by atoms with Crippen molar-refractivity contribution in [2.24, 2.45) is 5.73 Å². The summed E-state index contributed by atoms with van der Waals surface area (Å²) in [4.78, 5) is 4.48. The highest BCUT2D eigenvalue weighted by Crippen LogP contribution is 2.28. The zero-order valence-electron chi connectivity index (χ0n) is 9.71. The van der Waals surface area contributed by atoms with E-state index in [2.05, 4.69) is 9.55 Å². The van der Waals surface area contributed by atoms with Crippen LogP contribution in [-0.4, -0.2) is 16.1 Å². The van der Waals surface area contributed by atoms with Crippen LogP contribution in [0.3, 0.4) is 0 Å². The Balaban J connectivity index is 2.40. The second-order valence-electron chi connectivity index (χ2n) is 4.06. The highest BCUT2D eigenvalue weighted by molar-refractivity contribution is 6.42. The van der Waals surface area contributed by atoms with E-state index in [4.69, 9.17) is 28.9 Å². The maximum absolute atomic E-state index is 6.04. The van der Waals surface area contributed by atoms with Gasteiger partial charge >= 0.3 is 0 Å². The number of nitrogens with two attached hydrogens (primary N) is 1. The Bertz CT molecular complexity index is 534. The van der Waals surface area contributed by atoms with Crippen molar-refractivity contribution in [3.8, 4) is 0 Å². The molecule has 0 unspecified atom stereocenters. The van der Waals surface area contributed by atoms with E-state index in [-0.39, 0.29) is 0 Å². The van der Waals surface area contributed by atoms with Gasteiger partial charge in [-0.3, -0.25) is 0 Å². The summed E-state index contributed by atoms with van der Waals surface area (Å²) in [6.45, 7) is 3.63. The lowest BCUT2D eigenvalue weighted by molar-refractivity contribution is 0.614. The molecule has 0 spiro atoms. The standard InChI is InChI=1S/C12H15Cl2N3/c1-8-16-11-6-9(13)10(14)7-12(11)17(8)5-3-2-4-15/h6-7H,2-5,15H2,1H3. The molecule has 1 heterocycles. The fourth-order valence-electron chi connectivity index (χ4n) is 1.94. The SMILES string of the molecule is Cc1nc2cc(Cl)c(Cl)cc2n1CCCCN. The van der Waals surface area contributed by atoms with Gasteiger partial charge in [0.05, 0.1) is 21.1 Å². The average molecular weight is 272 g/mol. The van der Waals surface area contributed by atoms with Crippen LogP contribution in [0.2, 0.25) is 10.0 Å². The number of hydrogen-bond acceptors (Lipinski definition) is 2. The minimum absolute atomic E-state index is 0.547. The monoisotopic (exact) mass is 271 g/mol. The number of nitrogens with zero attached hydrogens (tertiary/aromatic N) is 2. The lowest BCUT2D eigenvalue weighted by atomic mass is 10.3. The number of unbranched alkanes of at least 4 members (excludes halogenated alkanes) is 1. The van der Waals surface area contributed by atoms with Gasteiger partial charge in [0.2, 0.25) is 0 Å². The summed E-state index contributed by atoms with van der Waals surface area (Å²) in [5.74, 6) is 0.982. The number of imidazole rings is 1. The van der Waals surface area contributed by atoms with Gasteiger partial charge in [0.1, 0.15) is 5.82 Å². The lowest BCUT2D eigenvalue weighted by Gasteiger charge is -2.06. The molecule has 2 rings (SSSR count). The number of halogens is 2. The molecule has 0 saturated heterocycles. The Kier molecular flexibility index (Phi) is 3.92. The molecule has 0 amide bonds. The summed E-state index contributed by atoms with van der Waals surface area (Å²) in [5, 5.41) is 1.12. The third-order valence-electron chi connectivity index (χ3n) is 2.82. The molecule has 2 N–H and O–H groups in total. The molecule has 0 radical (unpaired) electrons. The first-order valence-electron chi connectivity index (χ1n) is 5.65. The van der Waals surface area contributed by atoms with Crippen LogP contribution in [0.15, 0.2) is 12.1 Å². The lowest BCUT2D eigenvalue weighted by Crippen LogP contribution is -2.04. The fourth-order valence-corrected chi connectivity index (χ4v) is 2.25. The number of rotatable bonds is 4. The topological polar surface area (TPSA) is 43.8 Å². The zero-order chi connectivity index (χ0) is 12.4. The maximum atomic E-state index is 6.04. The van der Waals surface area contributed by atoms with Gasteiger partial charge in [-0.05, 0) is 38.4 Å². The first-order valence-corrected chi connectivity index (χ1v) is 6.41. The number of hydrogen-bond donors (Lipinski definition) is 1. The van der Waals surface area contributed by atoms with Crippen LogP contribution in [-0.2, 0) is 6.54 Å². The van der Waals surface area contributed by atoms with Gasteiger partial charge in [-0.1, -0.05) is 23.2 Å². The van der Waals surface area contributed by atoms with Crippen molar-refractivity contribution in [3.63, 3.8) is 0 Å². The Morgan fingerprint density at radius 1 is 1.24 bits per heavy atom. The minimum Gasteiger partial charge on any atom is -0.330 e. The molecule has 1 aromatic heterocycles. The van der Waals surface area contributed by atoms with E-state index in [0.717, 1.165) is 42.8 Å². The summed E-state index contributed by atoms with van der Waals surface area (Å²) in [5.41, 5.74) is 7.43. The van der Waals surface area contributed by atoms with Crippen LogP contribution >= 0.6 is 23.2 Å². The second-order valence-corrected chi connectivity index (χ2v) is 4.88. The third kappa shape index (κ3) is 2.57. The number of benzene rings is 1. The van der Waals surface area contributed by atoms with Crippen LogP contribution in [0, 0.1) is 6.92 Å². The largest absolute Gasteiger partial charge is 0.330 e. The molecular formula is C12H15Cl2N3. The molecule has 5 heteroatoms. The maximum Gasteiger partial charge on any atom is 0.106 e. The molecule has 0 aliphatic heterocycles. The van der Waals surface area contributed by atoms with E-state index in [9.17, 15) is 0 Å². The van der Waals surface area contributed by atoms with Crippen molar-refractivity contribution in [1.29, 1.82) is 0 Å². The van der Waals surface area contributed by atoms with Gasteiger partial charge in [-0.15, -0.1) is 0 Å². The normalized spacial score (nSPS) is 11.3. The van der Waals surface area contributed by atoms with Crippen molar-refractivity contribution >= 4 is 34.2 Å². The first-order chi connectivity index (χ1) is 8.13. The van der Waals surface area contributed by atoms with E-state index >= 15 is 0 Å². The van der Waals surface area contributed by atoms with Crippen molar-refractivity contribution in [2.75, 3.05) is 6.54 Å². The summed E-state index contributed by atoms with van der Waals surface area (Å²) in [7, 11) is 0.